The van der Waals surface area contributed by atoms with Gasteiger partial charge in [-0.05, 0) is 14.1 Å². The number of hydrogen-bond donors (Lipinski definition) is 1. The van der Waals surface area contributed by atoms with Gasteiger partial charge in [-0.3, -0.25) is 14.6 Å². The summed E-state index contributed by atoms with van der Waals surface area (Å²) in [5.74, 6) is 0.249. The van der Waals surface area contributed by atoms with Crippen molar-refractivity contribution in [1.29, 1.82) is 0 Å². The molecule has 5 heteroatoms. The van der Waals surface area contributed by atoms with E-state index in [0.29, 0.717) is 24.4 Å². The first-order chi connectivity index (χ1) is 7.52. The summed E-state index contributed by atoms with van der Waals surface area (Å²) >= 11 is 0. The Morgan fingerprint density at radius 2 is 2.12 bits per heavy atom. The summed E-state index contributed by atoms with van der Waals surface area (Å²) in [5, 5.41) is 0. The molecule has 1 rings (SSSR count). The maximum atomic E-state index is 11.7. The number of aromatic nitrogens is 1. The van der Waals surface area contributed by atoms with Crippen LogP contribution >= 0.6 is 0 Å². The predicted molar refractivity (Wildman–Crippen MR) is 61.1 cm³/mol. The van der Waals surface area contributed by atoms with Crippen molar-refractivity contribution in [1.82, 2.24) is 9.88 Å². The van der Waals surface area contributed by atoms with Gasteiger partial charge in [-0.2, -0.15) is 0 Å². The highest BCUT2D eigenvalue weighted by atomic mass is 16.5. The van der Waals surface area contributed by atoms with Gasteiger partial charge in [0.2, 0.25) is 0 Å². The number of hydrogen-bond acceptors (Lipinski definition) is 4. The summed E-state index contributed by atoms with van der Waals surface area (Å²) in [6.45, 7) is 0.661. The van der Waals surface area contributed by atoms with Gasteiger partial charge in [0.25, 0.3) is 5.56 Å². The molecule has 0 aromatic carbocycles. The molecule has 0 aliphatic carbocycles. The van der Waals surface area contributed by atoms with Gasteiger partial charge in [0, 0.05) is 30.7 Å². The van der Waals surface area contributed by atoms with Gasteiger partial charge < -0.3 is 9.64 Å². The van der Waals surface area contributed by atoms with Crippen molar-refractivity contribution in [2.75, 3.05) is 27.7 Å². The Bertz CT molecular complexity index is 423. The third-order valence-electron chi connectivity index (χ3n) is 2.15. The lowest BCUT2D eigenvalue weighted by molar-refractivity contribution is 0.0972. The lowest BCUT2D eigenvalue weighted by Crippen LogP contribution is -2.18. The first-order valence-electron chi connectivity index (χ1n) is 4.99. The molecule has 0 saturated heterocycles. The summed E-state index contributed by atoms with van der Waals surface area (Å²) in [7, 11) is 5.23. The van der Waals surface area contributed by atoms with Crippen LogP contribution in [0, 0.1) is 0 Å². The molecule has 0 aliphatic heterocycles. The number of carbonyl (C=O) groups is 1. The Morgan fingerprint density at radius 3 is 2.69 bits per heavy atom. The van der Waals surface area contributed by atoms with Crippen LogP contribution < -0.4 is 10.3 Å². The van der Waals surface area contributed by atoms with E-state index in [1.54, 1.807) is 6.07 Å². The van der Waals surface area contributed by atoms with Crippen molar-refractivity contribution in [3.8, 4) is 5.88 Å². The van der Waals surface area contributed by atoms with E-state index in [4.69, 9.17) is 4.74 Å². The number of aromatic amines is 1. The summed E-state index contributed by atoms with van der Waals surface area (Å²) in [5.41, 5.74) is 0.0648. The minimum atomic E-state index is -0.326. The molecule has 16 heavy (non-hydrogen) atoms. The Morgan fingerprint density at radius 1 is 1.44 bits per heavy atom. The summed E-state index contributed by atoms with van der Waals surface area (Å²) < 4.78 is 4.89. The zero-order valence-corrected chi connectivity index (χ0v) is 9.74. The highest BCUT2D eigenvalue weighted by molar-refractivity contribution is 5.96. The zero-order valence-electron chi connectivity index (χ0n) is 9.74. The highest BCUT2D eigenvalue weighted by Crippen LogP contribution is 2.08. The second-order valence-corrected chi connectivity index (χ2v) is 3.78. The van der Waals surface area contributed by atoms with Crippen molar-refractivity contribution in [3.05, 3.63) is 28.0 Å². The average molecular weight is 224 g/mol. The zero-order chi connectivity index (χ0) is 12.1. The number of methoxy groups -OCH3 is 1. The topological polar surface area (TPSA) is 62.4 Å². The number of H-pyrrole nitrogens is 1. The smallest absolute Gasteiger partial charge is 0.251 e. The summed E-state index contributed by atoms with van der Waals surface area (Å²) in [4.78, 5) is 27.3. The molecular weight excluding hydrogens is 208 g/mol. The second kappa shape index (κ2) is 5.46. The van der Waals surface area contributed by atoms with Crippen molar-refractivity contribution >= 4 is 5.78 Å². The van der Waals surface area contributed by atoms with Gasteiger partial charge in [0.15, 0.2) is 11.7 Å². The van der Waals surface area contributed by atoms with Crippen molar-refractivity contribution in [2.24, 2.45) is 0 Å². The molecule has 5 nitrogen and oxygen atoms in total. The molecule has 0 unspecified atom stereocenters. The molecule has 1 heterocycles. The van der Waals surface area contributed by atoms with Gasteiger partial charge in [-0.25, -0.2) is 0 Å². The van der Waals surface area contributed by atoms with Crippen molar-refractivity contribution < 1.29 is 9.53 Å². The summed E-state index contributed by atoms with van der Waals surface area (Å²) in [6, 6.07) is 2.83. The van der Waals surface area contributed by atoms with Crippen LogP contribution in [0.2, 0.25) is 0 Å². The number of nitrogens with zero attached hydrogens (tertiary/aromatic N) is 1. The molecule has 0 atom stereocenters. The van der Waals surface area contributed by atoms with Crippen LogP contribution in [-0.4, -0.2) is 43.4 Å². The minimum Gasteiger partial charge on any atom is -0.482 e. The fourth-order valence-corrected chi connectivity index (χ4v) is 1.26. The number of rotatable bonds is 5. The first-order valence-corrected chi connectivity index (χ1v) is 4.99. The van der Waals surface area contributed by atoms with Gasteiger partial charge in [-0.1, -0.05) is 0 Å². The van der Waals surface area contributed by atoms with Gasteiger partial charge >= 0.3 is 0 Å². The van der Waals surface area contributed by atoms with Crippen molar-refractivity contribution in [2.45, 2.75) is 6.42 Å². The van der Waals surface area contributed by atoms with E-state index in [1.807, 2.05) is 19.0 Å². The standard InChI is InChI=1S/C11H16N2O3/c1-13(2)5-4-9(14)8-6-10(15)12-11(7-8)16-3/h6-7H,4-5H2,1-3H3,(H,12,15). The average Bonchev–Trinajstić information content (AvgIpc) is 2.24. The van der Waals surface area contributed by atoms with Crippen LogP contribution in [-0.2, 0) is 0 Å². The molecule has 0 spiro atoms. The Labute approximate surface area is 94.0 Å². The summed E-state index contributed by atoms with van der Waals surface area (Å²) in [6.07, 6.45) is 0.388. The van der Waals surface area contributed by atoms with E-state index in [1.165, 1.54) is 13.2 Å². The molecule has 1 aromatic heterocycles. The third kappa shape index (κ3) is 3.51. The van der Waals surface area contributed by atoms with Crippen LogP contribution in [0.15, 0.2) is 16.9 Å². The molecule has 0 fully saturated rings. The molecule has 0 saturated carbocycles. The molecule has 0 radical (unpaired) electrons. The second-order valence-electron chi connectivity index (χ2n) is 3.78. The first kappa shape index (κ1) is 12.4. The number of carbonyl (C=O) groups excluding carboxylic acids is 1. The number of ether oxygens (including phenoxy) is 1. The highest BCUT2D eigenvalue weighted by Gasteiger charge is 2.08. The number of Topliss-reactive ketones (excluding diaryl/α,β-unsaturated/α-hetero) is 1. The lowest BCUT2D eigenvalue weighted by atomic mass is 10.1. The Balaban J connectivity index is 2.83. The molecule has 1 N–H and O–H groups in total. The van der Waals surface area contributed by atoms with E-state index < -0.39 is 0 Å². The molecule has 0 amide bonds. The SMILES string of the molecule is COc1cc(C(=O)CCN(C)C)cc(=O)[nH]1. The van der Waals surface area contributed by atoms with E-state index in [0.717, 1.165) is 0 Å². The predicted octanol–water partition coefficient (Wildman–Crippen LogP) is 0.518. The van der Waals surface area contributed by atoms with Crippen LogP contribution in [0.5, 0.6) is 5.88 Å². The van der Waals surface area contributed by atoms with E-state index >= 15 is 0 Å². The van der Waals surface area contributed by atoms with Gasteiger partial charge in [0.1, 0.15) is 0 Å². The number of nitrogens with one attached hydrogen (secondary N) is 1. The van der Waals surface area contributed by atoms with Gasteiger partial charge in [-0.15, -0.1) is 0 Å². The molecule has 88 valence electrons. The lowest BCUT2D eigenvalue weighted by Gasteiger charge is -2.08. The molecule has 0 bridgehead atoms. The maximum absolute atomic E-state index is 11.7. The monoisotopic (exact) mass is 224 g/mol. The van der Waals surface area contributed by atoms with Gasteiger partial charge in [0.05, 0.1) is 7.11 Å². The number of pyridine rings is 1. The fourth-order valence-electron chi connectivity index (χ4n) is 1.26. The van der Waals surface area contributed by atoms with Crippen molar-refractivity contribution in [3.63, 3.8) is 0 Å². The van der Waals surface area contributed by atoms with Crippen LogP contribution in [0.4, 0.5) is 0 Å². The largest absolute Gasteiger partial charge is 0.482 e. The fraction of sp³-hybridized carbons (Fsp3) is 0.455. The van der Waals surface area contributed by atoms with E-state index in [2.05, 4.69) is 4.98 Å². The van der Waals surface area contributed by atoms with Crippen LogP contribution in [0.1, 0.15) is 16.8 Å². The Kier molecular flexibility index (Phi) is 4.25. The van der Waals surface area contributed by atoms with Crippen LogP contribution in [0.25, 0.3) is 0 Å². The number of ketones is 1. The quantitative estimate of drug-likeness (QED) is 0.740. The third-order valence-corrected chi connectivity index (χ3v) is 2.15. The molecule has 1 aromatic rings. The van der Waals surface area contributed by atoms with E-state index in [-0.39, 0.29) is 11.3 Å². The van der Waals surface area contributed by atoms with E-state index in [9.17, 15) is 9.59 Å². The molecular formula is C11H16N2O3. The Hall–Kier alpha value is -1.62. The normalized spacial score (nSPS) is 10.5. The van der Waals surface area contributed by atoms with Crippen LogP contribution in [0.3, 0.4) is 0 Å². The molecule has 0 aliphatic rings. The maximum Gasteiger partial charge on any atom is 0.251 e. The minimum absolute atomic E-state index is 0.0573.